The van der Waals surface area contributed by atoms with Crippen LogP contribution in [-0.2, 0) is 13.0 Å². The van der Waals surface area contributed by atoms with E-state index in [1.165, 1.54) is 0 Å². The summed E-state index contributed by atoms with van der Waals surface area (Å²) >= 11 is 0. The zero-order chi connectivity index (χ0) is 19.2. The molecular formula is C19H27N7O. The van der Waals surface area contributed by atoms with Crippen LogP contribution in [0.15, 0.2) is 24.3 Å². The molecule has 0 bridgehead atoms. The van der Waals surface area contributed by atoms with E-state index in [1.807, 2.05) is 43.3 Å². The van der Waals surface area contributed by atoms with Crippen molar-refractivity contribution in [2.24, 2.45) is 0 Å². The number of nitrogens with one attached hydrogen (secondary N) is 2. The van der Waals surface area contributed by atoms with Gasteiger partial charge in [-0.05, 0) is 30.9 Å². The van der Waals surface area contributed by atoms with Gasteiger partial charge in [-0.15, -0.1) is 0 Å². The fourth-order valence-corrected chi connectivity index (χ4v) is 3.01. The van der Waals surface area contributed by atoms with E-state index in [9.17, 15) is 4.79 Å². The molecule has 0 radical (unpaired) electrons. The first-order valence-electron chi connectivity index (χ1n) is 9.36. The molecule has 1 aliphatic heterocycles. The molecular weight excluding hydrogens is 342 g/mol. The molecule has 1 aromatic heterocycles. The monoisotopic (exact) mass is 369 g/mol. The van der Waals surface area contributed by atoms with Crippen LogP contribution < -0.4 is 20.4 Å². The third kappa shape index (κ3) is 4.84. The van der Waals surface area contributed by atoms with E-state index < -0.39 is 0 Å². The number of carbonyl (C=O) groups is 1. The topological polar surface area (TPSA) is 86.3 Å². The lowest BCUT2D eigenvalue weighted by molar-refractivity contribution is 0.251. The van der Waals surface area contributed by atoms with Crippen LogP contribution in [0.25, 0.3) is 0 Å². The lowest BCUT2D eigenvalue weighted by Gasteiger charge is -2.19. The number of nitrogens with zero attached hydrogens (tertiary/aromatic N) is 5. The molecule has 2 heterocycles. The molecule has 2 N–H and O–H groups in total. The van der Waals surface area contributed by atoms with E-state index >= 15 is 0 Å². The lowest BCUT2D eigenvalue weighted by atomic mass is 10.1. The molecule has 1 aliphatic rings. The molecule has 0 unspecified atom stereocenters. The van der Waals surface area contributed by atoms with Gasteiger partial charge in [0.1, 0.15) is 0 Å². The van der Waals surface area contributed by atoms with Crippen LogP contribution >= 0.6 is 0 Å². The quantitative estimate of drug-likeness (QED) is 0.813. The van der Waals surface area contributed by atoms with E-state index in [4.69, 9.17) is 0 Å². The summed E-state index contributed by atoms with van der Waals surface area (Å²) in [6.07, 6.45) is 3.15. The summed E-state index contributed by atoms with van der Waals surface area (Å²) in [5, 5.41) is 5.74. The van der Waals surface area contributed by atoms with Gasteiger partial charge < -0.3 is 20.4 Å². The van der Waals surface area contributed by atoms with E-state index in [1.54, 1.807) is 0 Å². The SMILES string of the molecule is CCc1ccccc1NC(=O)NCc1nc(N(C)C)nc(N2CCCC2)n1. The van der Waals surface area contributed by atoms with Gasteiger partial charge in [0.2, 0.25) is 11.9 Å². The maximum absolute atomic E-state index is 12.3. The Labute approximate surface area is 160 Å². The normalized spacial score (nSPS) is 13.5. The summed E-state index contributed by atoms with van der Waals surface area (Å²) in [7, 11) is 3.80. The first kappa shape index (κ1) is 18.9. The Morgan fingerprint density at radius 1 is 1.15 bits per heavy atom. The Balaban J connectivity index is 1.68. The Bertz CT molecular complexity index is 787. The number of amides is 2. The van der Waals surface area contributed by atoms with Crippen molar-refractivity contribution in [1.29, 1.82) is 0 Å². The predicted octanol–water partition coefficient (Wildman–Crippen LogP) is 2.42. The number of para-hydroxylation sites is 1. The summed E-state index contributed by atoms with van der Waals surface area (Å²) in [6, 6.07) is 7.51. The summed E-state index contributed by atoms with van der Waals surface area (Å²) in [6.45, 7) is 4.21. The first-order valence-corrected chi connectivity index (χ1v) is 9.36. The number of carbonyl (C=O) groups excluding carboxylic acids is 1. The lowest BCUT2D eigenvalue weighted by Crippen LogP contribution is -2.30. The van der Waals surface area contributed by atoms with Gasteiger partial charge >= 0.3 is 6.03 Å². The van der Waals surface area contributed by atoms with Gasteiger partial charge in [0.15, 0.2) is 5.82 Å². The molecule has 8 nitrogen and oxygen atoms in total. The Kier molecular flexibility index (Phi) is 6.05. The third-order valence-corrected chi connectivity index (χ3v) is 4.50. The van der Waals surface area contributed by atoms with Gasteiger partial charge in [0.25, 0.3) is 0 Å². The molecule has 1 aromatic carbocycles. The molecule has 1 saturated heterocycles. The summed E-state index contributed by atoms with van der Waals surface area (Å²) in [4.78, 5) is 29.8. The molecule has 2 amide bonds. The maximum Gasteiger partial charge on any atom is 0.319 e. The van der Waals surface area contributed by atoms with E-state index in [0.29, 0.717) is 17.7 Å². The van der Waals surface area contributed by atoms with Crippen molar-refractivity contribution in [3.05, 3.63) is 35.7 Å². The number of hydrogen-bond acceptors (Lipinski definition) is 6. The van der Waals surface area contributed by atoms with Crippen molar-refractivity contribution < 1.29 is 4.79 Å². The Morgan fingerprint density at radius 3 is 2.59 bits per heavy atom. The predicted molar refractivity (Wildman–Crippen MR) is 107 cm³/mol. The van der Waals surface area contributed by atoms with Crippen LogP contribution in [0.5, 0.6) is 0 Å². The van der Waals surface area contributed by atoms with Gasteiger partial charge in [-0.1, -0.05) is 25.1 Å². The number of hydrogen-bond donors (Lipinski definition) is 2. The van der Waals surface area contributed by atoms with Crippen LogP contribution in [0.4, 0.5) is 22.4 Å². The van der Waals surface area contributed by atoms with E-state index in [2.05, 4.69) is 37.4 Å². The van der Waals surface area contributed by atoms with Crippen LogP contribution in [-0.4, -0.2) is 48.2 Å². The van der Waals surface area contributed by atoms with Crippen molar-refractivity contribution in [1.82, 2.24) is 20.3 Å². The van der Waals surface area contributed by atoms with Crippen LogP contribution in [0.1, 0.15) is 31.2 Å². The second kappa shape index (κ2) is 8.66. The molecule has 1 fully saturated rings. The standard InChI is InChI=1S/C19H27N7O/c1-4-14-9-5-6-10-15(14)21-19(27)20-13-16-22-17(25(2)3)24-18(23-16)26-11-7-8-12-26/h5-6,9-10H,4,7-8,11-13H2,1-3H3,(H2,20,21,27). The molecule has 144 valence electrons. The van der Waals surface area contributed by atoms with Crippen molar-refractivity contribution in [2.75, 3.05) is 42.3 Å². The van der Waals surface area contributed by atoms with Crippen molar-refractivity contribution in [3.8, 4) is 0 Å². The highest BCUT2D eigenvalue weighted by molar-refractivity contribution is 5.90. The summed E-state index contributed by atoms with van der Waals surface area (Å²) in [5.41, 5.74) is 1.92. The first-order chi connectivity index (χ1) is 13.1. The van der Waals surface area contributed by atoms with Gasteiger partial charge in [-0.25, -0.2) is 4.79 Å². The van der Waals surface area contributed by atoms with Crippen LogP contribution in [0, 0.1) is 0 Å². The smallest absolute Gasteiger partial charge is 0.319 e. The average molecular weight is 369 g/mol. The van der Waals surface area contributed by atoms with Crippen molar-refractivity contribution in [3.63, 3.8) is 0 Å². The van der Waals surface area contributed by atoms with Crippen LogP contribution in [0.3, 0.4) is 0 Å². The average Bonchev–Trinajstić information content (AvgIpc) is 3.21. The molecule has 3 rings (SSSR count). The fraction of sp³-hybridized carbons (Fsp3) is 0.474. The van der Waals surface area contributed by atoms with Crippen molar-refractivity contribution in [2.45, 2.75) is 32.7 Å². The number of aromatic nitrogens is 3. The van der Waals surface area contributed by atoms with Crippen LogP contribution in [0.2, 0.25) is 0 Å². The third-order valence-electron chi connectivity index (χ3n) is 4.50. The second-order valence-corrected chi connectivity index (χ2v) is 6.76. The summed E-state index contributed by atoms with van der Waals surface area (Å²) < 4.78 is 0. The maximum atomic E-state index is 12.3. The van der Waals surface area contributed by atoms with Gasteiger partial charge in [0.05, 0.1) is 6.54 Å². The number of rotatable bonds is 6. The molecule has 2 aromatic rings. The van der Waals surface area contributed by atoms with E-state index in [0.717, 1.165) is 43.6 Å². The van der Waals surface area contributed by atoms with Gasteiger partial charge in [-0.2, -0.15) is 15.0 Å². The highest BCUT2D eigenvalue weighted by Crippen LogP contribution is 2.18. The number of urea groups is 1. The molecule has 8 heteroatoms. The Morgan fingerprint density at radius 2 is 1.89 bits per heavy atom. The Hall–Kier alpha value is -2.90. The minimum atomic E-state index is -0.273. The zero-order valence-corrected chi connectivity index (χ0v) is 16.2. The van der Waals surface area contributed by atoms with Gasteiger partial charge in [0, 0.05) is 32.9 Å². The number of benzene rings is 1. The number of aryl methyl sites for hydroxylation is 1. The second-order valence-electron chi connectivity index (χ2n) is 6.76. The minimum absolute atomic E-state index is 0.240. The number of anilines is 3. The zero-order valence-electron chi connectivity index (χ0n) is 16.2. The molecule has 0 saturated carbocycles. The molecule has 0 spiro atoms. The summed E-state index contributed by atoms with van der Waals surface area (Å²) in [5.74, 6) is 1.83. The van der Waals surface area contributed by atoms with Crippen molar-refractivity contribution >= 4 is 23.6 Å². The highest BCUT2D eigenvalue weighted by atomic mass is 16.2. The van der Waals surface area contributed by atoms with Gasteiger partial charge in [-0.3, -0.25) is 0 Å². The fourth-order valence-electron chi connectivity index (χ4n) is 3.01. The largest absolute Gasteiger partial charge is 0.347 e. The molecule has 0 atom stereocenters. The molecule has 0 aliphatic carbocycles. The minimum Gasteiger partial charge on any atom is -0.347 e. The highest BCUT2D eigenvalue weighted by Gasteiger charge is 2.18. The van der Waals surface area contributed by atoms with E-state index in [-0.39, 0.29) is 12.6 Å². The molecule has 27 heavy (non-hydrogen) atoms.